The van der Waals surface area contributed by atoms with Gasteiger partial charge < -0.3 is 9.84 Å². The van der Waals surface area contributed by atoms with Crippen LogP contribution in [0.25, 0.3) is 0 Å². The first kappa shape index (κ1) is 10.4. The molecule has 3 atom stereocenters. The van der Waals surface area contributed by atoms with Crippen LogP contribution in [-0.2, 0) is 4.74 Å². The van der Waals surface area contributed by atoms with Crippen LogP contribution < -0.4 is 0 Å². The van der Waals surface area contributed by atoms with Crippen molar-refractivity contribution in [2.45, 2.75) is 58.2 Å². The van der Waals surface area contributed by atoms with Gasteiger partial charge >= 0.3 is 0 Å². The van der Waals surface area contributed by atoms with E-state index in [1.54, 1.807) is 0 Å². The second-order valence-corrected chi connectivity index (χ2v) is 5.20. The maximum Gasteiger partial charge on any atom is 0.0678 e. The summed E-state index contributed by atoms with van der Waals surface area (Å²) in [6.07, 6.45) is 6.06. The van der Waals surface area contributed by atoms with E-state index in [-0.39, 0.29) is 11.5 Å². The van der Waals surface area contributed by atoms with Gasteiger partial charge in [0.05, 0.1) is 12.2 Å². The van der Waals surface area contributed by atoms with Crippen molar-refractivity contribution in [2.24, 2.45) is 11.3 Å². The smallest absolute Gasteiger partial charge is 0.0678 e. The molecule has 82 valence electrons. The van der Waals surface area contributed by atoms with Gasteiger partial charge in [-0.05, 0) is 18.8 Å². The highest BCUT2D eigenvalue weighted by atomic mass is 16.5. The van der Waals surface area contributed by atoms with Crippen LogP contribution in [0, 0.1) is 11.3 Å². The second kappa shape index (κ2) is 3.82. The van der Waals surface area contributed by atoms with Gasteiger partial charge in [0.1, 0.15) is 0 Å². The first-order valence-corrected chi connectivity index (χ1v) is 5.96. The average Bonchev–Trinajstić information content (AvgIpc) is 2.99. The molecular formula is C12H22O2. The van der Waals surface area contributed by atoms with E-state index in [2.05, 4.69) is 13.8 Å². The third-order valence-corrected chi connectivity index (χ3v) is 4.24. The number of aliphatic hydroxyl groups excluding tert-OH is 1. The maximum absolute atomic E-state index is 9.68. The molecular weight excluding hydrogens is 176 g/mol. The van der Waals surface area contributed by atoms with Gasteiger partial charge in [0.25, 0.3) is 0 Å². The molecule has 2 nitrogen and oxygen atoms in total. The fourth-order valence-electron chi connectivity index (χ4n) is 2.30. The summed E-state index contributed by atoms with van der Waals surface area (Å²) in [6, 6.07) is 0. The fraction of sp³-hybridized carbons (Fsp3) is 1.00. The number of rotatable bonds is 5. The highest BCUT2D eigenvalue weighted by Gasteiger charge is 2.50. The van der Waals surface area contributed by atoms with Crippen LogP contribution >= 0.6 is 0 Å². The van der Waals surface area contributed by atoms with Crippen molar-refractivity contribution in [1.82, 2.24) is 0 Å². The van der Waals surface area contributed by atoms with Crippen LogP contribution in [0.3, 0.4) is 0 Å². The van der Waals surface area contributed by atoms with Crippen LogP contribution in [-0.4, -0.2) is 23.9 Å². The number of aliphatic hydroxyl groups is 1. The zero-order valence-corrected chi connectivity index (χ0v) is 9.33. The van der Waals surface area contributed by atoms with Gasteiger partial charge in [0.15, 0.2) is 0 Å². The summed E-state index contributed by atoms with van der Waals surface area (Å²) >= 11 is 0. The van der Waals surface area contributed by atoms with Crippen molar-refractivity contribution in [3.8, 4) is 0 Å². The van der Waals surface area contributed by atoms with Gasteiger partial charge in [-0.15, -0.1) is 0 Å². The largest absolute Gasteiger partial charge is 0.392 e. The lowest BCUT2D eigenvalue weighted by atomic mass is 9.63. The van der Waals surface area contributed by atoms with Crippen molar-refractivity contribution >= 4 is 0 Å². The Morgan fingerprint density at radius 1 is 1.43 bits per heavy atom. The summed E-state index contributed by atoms with van der Waals surface area (Å²) in [5, 5.41) is 9.68. The molecule has 2 fully saturated rings. The Balaban J connectivity index is 1.70. The van der Waals surface area contributed by atoms with Crippen molar-refractivity contribution in [2.75, 3.05) is 6.61 Å². The number of hydrogen-bond donors (Lipinski definition) is 1. The van der Waals surface area contributed by atoms with E-state index in [1.165, 1.54) is 19.3 Å². The molecule has 2 saturated carbocycles. The van der Waals surface area contributed by atoms with E-state index in [1.807, 2.05) is 0 Å². The lowest BCUT2D eigenvalue weighted by Gasteiger charge is -2.50. The highest BCUT2D eigenvalue weighted by molar-refractivity contribution is 5.00. The minimum Gasteiger partial charge on any atom is -0.392 e. The number of ether oxygens (including phenoxy) is 1. The molecule has 0 aromatic carbocycles. The minimum absolute atomic E-state index is 0.0313. The molecule has 14 heavy (non-hydrogen) atoms. The van der Waals surface area contributed by atoms with Gasteiger partial charge in [-0.2, -0.15) is 0 Å². The first-order valence-electron chi connectivity index (χ1n) is 5.96. The third-order valence-electron chi connectivity index (χ3n) is 4.24. The summed E-state index contributed by atoms with van der Waals surface area (Å²) < 4.78 is 5.85. The Morgan fingerprint density at radius 2 is 2.14 bits per heavy atom. The Bertz CT molecular complexity index is 200. The molecule has 3 unspecified atom stereocenters. The number of hydrogen-bond acceptors (Lipinski definition) is 2. The summed E-state index contributed by atoms with van der Waals surface area (Å²) in [4.78, 5) is 0. The van der Waals surface area contributed by atoms with E-state index in [9.17, 15) is 5.11 Å². The first-order chi connectivity index (χ1) is 6.66. The van der Waals surface area contributed by atoms with E-state index in [0.29, 0.717) is 6.10 Å². The van der Waals surface area contributed by atoms with Crippen molar-refractivity contribution in [1.29, 1.82) is 0 Å². The molecule has 0 saturated heterocycles. The molecule has 0 aliphatic heterocycles. The van der Waals surface area contributed by atoms with Crippen molar-refractivity contribution < 1.29 is 9.84 Å². The molecule has 0 spiro atoms. The molecule has 0 radical (unpaired) electrons. The molecule has 0 heterocycles. The summed E-state index contributed by atoms with van der Waals surface area (Å²) in [7, 11) is 0. The molecule has 0 aromatic rings. The Hall–Kier alpha value is -0.0800. The lowest BCUT2D eigenvalue weighted by molar-refractivity contribution is -0.185. The highest BCUT2D eigenvalue weighted by Crippen LogP contribution is 2.46. The minimum atomic E-state index is -0.140. The van der Waals surface area contributed by atoms with Crippen molar-refractivity contribution in [3.63, 3.8) is 0 Å². The Morgan fingerprint density at radius 3 is 2.64 bits per heavy atom. The van der Waals surface area contributed by atoms with Crippen LogP contribution in [0.15, 0.2) is 0 Å². The summed E-state index contributed by atoms with van der Waals surface area (Å²) in [5.74, 6) is 0.952. The zero-order valence-electron chi connectivity index (χ0n) is 9.33. The SMILES string of the molecule is CCC1(C)C(O)CC1OCCC1CC1. The molecule has 2 aliphatic carbocycles. The van der Waals surface area contributed by atoms with E-state index in [4.69, 9.17) is 4.74 Å². The quantitative estimate of drug-likeness (QED) is 0.735. The zero-order chi connectivity index (χ0) is 10.2. The van der Waals surface area contributed by atoms with E-state index in [0.717, 1.165) is 25.4 Å². The Kier molecular flexibility index (Phi) is 2.85. The molecule has 2 rings (SSSR count). The van der Waals surface area contributed by atoms with Gasteiger partial charge in [0.2, 0.25) is 0 Å². The molecule has 0 aromatic heterocycles. The van der Waals surface area contributed by atoms with Crippen molar-refractivity contribution in [3.05, 3.63) is 0 Å². The van der Waals surface area contributed by atoms with Crippen LogP contribution in [0.1, 0.15) is 46.0 Å². The normalized spacial score (nSPS) is 42.2. The monoisotopic (exact) mass is 198 g/mol. The van der Waals surface area contributed by atoms with Gasteiger partial charge in [-0.25, -0.2) is 0 Å². The standard InChI is InChI=1S/C12H22O2/c1-3-12(2)10(13)8-11(12)14-7-6-9-4-5-9/h9-11,13H,3-8H2,1-2H3. The molecule has 0 bridgehead atoms. The molecule has 2 heteroatoms. The lowest BCUT2D eigenvalue weighted by Crippen LogP contribution is -2.56. The third kappa shape index (κ3) is 1.82. The van der Waals surface area contributed by atoms with Crippen LogP contribution in [0.5, 0.6) is 0 Å². The van der Waals surface area contributed by atoms with Crippen LogP contribution in [0.2, 0.25) is 0 Å². The summed E-state index contributed by atoms with van der Waals surface area (Å²) in [6.45, 7) is 5.18. The second-order valence-electron chi connectivity index (χ2n) is 5.20. The predicted molar refractivity (Wildman–Crippen MR) is 56.1 cm³/mol. The van der Waals surface area contributed by atoms with Gasteiger partial charge in [-0.1, -0.05) is 26.7 Å². The summed E-state index contributed by atoms with van der Waals surface area (Å²) in [5.41, 5.74) is 0.0313. The van der Waals surface area contributed by atoms with Gasteiger partial charge in [0, 0.05) is 18.4 Å². The maximum atomic E-state index is 9.68. The topological polar surface area (TPSA) is 29.5 Å². The Labute approximate surface area is 86.6 Å². The molecule has 1 N–H and O–H groups in total. The van der Waals surface area contributed by atoms with E-state index < -0.39 is 0 Å². The van der Waals surface area contributed by atoms with E-state index >= 15 is 0 Å². The molecule has 0 amide bonds. The van der Waals surface area contributed by atoms with Crippen LogP contribution in [0.4, 0.5) is 0 Å². The molecule has 2 aliphatic rings. The predicted octanol–water partition coefficient (Wildman–Crippen LogP) is 2.35. The average molecular weight is 198 g/mol. The fourth-order valence-corrected chi connectivity index (χ4v) is 2.30. The van der Waals surface area contributed by atoms with Gasteiger partial charge in [-0.3, -0.25) is 0 Å².